The third kappa shape index (κ3) is 10.2. The molecule has 0 saturated carbocycles. The largest absolute Gasteiger partial charge is 0.377 e. The van der Waals surface area contributed by atoms with Gasteiger partial charge in [0.1, 0.15) is 0 Å². The zero-order valence-corrected chi connectivity index (χ0v) is 20.4. The summed E-state index contributed by atoms with van der Waals surface area (Å²) in [4.78, 5) is 0. The summed E-state index contributed by atoms with van der Waals surface area (Å²) in [5.74, 6) is 0. The number of rotatable bonds is 1. The van der Waals surface area contributed by atoms with Crippen molar-refractivity contribution in [3.8, 4) is 0 Å². The summed E-state index contributed by atoms with van der Waals surface area (Å²) >= 11 is 0. The average molecular weight is 463 g/mol. The zero-order chi connectivity index (χ0) is 23.8. The fourth-order valence-electron chi connectivity index (χ4n) is 3.56. The molecule has 0 fully saturated rings. The summed E-state index contributed by atoms with van der Waals surface area (Å²) in [6.07, 6.45) is 6.09. The number of hydrogen-bond acceptors (Lipinski definition) is 5. The Bertz CT molecular complexity index is 935. The van der Waals surface area contributed by atoms with E-state index in [0.29, 0.717) is 39.6 Å². The van der Waals surface area contributed by atoms with Crippen molar-refractivity contribution in [1.82, 2.24) is 10.6 Å². The highest BCUT2D eigenvalue weighted by Gasteiger charge is 2.00. The van der Waals surface area contributed by atoms with Crippen molar-refractivity contribution in [2.24, 2.45) is 0 Å². The van der Waals surface area contributed by atoms with Crippen LogP contribution in [0.1, 0.15) is 29.2 Å². The number of fused-ring (bicyclic) bond motifs is 17. The molecular formula is C29H38N2O3. The van der Waals surface area contributed by atoms with Gasteiger partial charge in [-0.05, 0) is 40.3 Å². The molecular weight excluding hydrogens is 424 g/mol. The summed E-state index contributed by atoms with van der Waals surface area (Å²) in [5, 5.41) is 7.07. The SMILES string of the molecule is C=CC1=CC=C(C)COCCOCCOCc2ccc(cc2)CNCc2cccc(c2)CNC1. The van der Waals surface area contributed by atoms with Gasteiger partial charge in [0.2, 0.25) is 0 Å². The van der Waals surface area contributed by atoms with Crippen LogP contribution in [-0.4, -0.2) is 39.6 Å². The molecule has 182 valence electrons. The smallest absolute Gasteiger partial charge is 0.0718 e. The normalized spacial score (nSPS) is 18.0. The van der Waals surface area contributed by atoms with E-state index in [1.165, 1.54) is 22.3 Å². The average Bonchev–Trinajstić information content (AvgIpc) is 2.85. The van der Waals surface area contributed by atoms with E-state index in [-0.39, 0.29) is 0 Å². The second-order valence-electron chi connectivity index (χ2n) is 8.52. The van der Waals surface area contributed by atoms with Gasteiger partial charge in [-0.25, -0.2) is 0 Å². The molecule has 2 aromatic rings. The van der Waals surface area contributed by atoms with E-state index in [1.807, 2.05) is 6.08 Å². The van der Waals surface area contributed by atoms with Gasteiger partial charge < -0.3 is 24.8 Å². The fourth-order valence-corrected chi connectivity index (χ4v) is 3.56. The molecule has 0 saturated heterocycles. The summed E-state index contributed by atoms with van der Waals surface area (Å²) in [6, 6.07) is 17.3. The second-order valence-corrected chi connectivity index (χ2v) is 8.52. The van der Waals surface area contributed by atoms with Gasteiger partial charge in [-0.15, -0.1) is 0 Å². The van der Waals surface area contributed by atoms with E-state index in [4.69, 9.17) is 14.2 Å². The lowest BCUT2D eigenvalue weighted by Crippen LogP contribution is -2.17. The third-order valence-electron chi connectivity index (χ3n) is 5.52. The maximum Gasteiger partial charge on any atom is 0.0718 e. The third-order valence-corrected chi connectivity index (χ3v) is 5.52. The van der Waals surface area contributed by atoms with Gasteiger partial charge in [0.05, 0.1) is 39.6 Å². The van der Waals surface area contributed by atoms with E-state index in [1.54, 1.807) is 0 Å². The van der Waals surface area contributed by atoms with Crippen LogP contribution in [-0.2, 0) is 40.5 Å². The van der Waals surface area contributed by atoms with Crippen LogP contribution in [0, 0.1) is 0 Å². The lowest BCUT2D eigenvalue weighted by Gasteiger charge is -2.10. The summed E-state index contributed by atoms with van der Waals surface area (Å²) in [6.45, 7) is 12.7. The van der Waals surface area contributed by atoms with Crippen LogP contribution in [0.25, 0.3) is 0 Å². The maximum atomic E-state index is 5.73. The van der Waals surface area contributed by atoms with Crippen LogP contribution in [0.2, 0.25) is 0 Å². The second kappa shape index (κ2) is 15.4. The highest BCUT2D eigenvalue weighted by atomic mass is 16.5. The van der Waals surface area contributed by atoms with Crippen molar-refractivity contribution < 1.29 is 14.2 Å². The molecule has 4 bridgehead atoms. The Morgan fingerprint density at radius 2 is 1.26 bits per heavy atom. The summed E-state index contributed by atoms with van der Waals surface area (Å²) in [5.41, 5.74) is 7.30. The molecule has 2 N–H and O–H groups in total. The Morgan fingerprint density at radius 3 is 1.97 bits per heavy atom. The zero-order valence-electron chi connectivity index (χ0n) is 20.4. The highest BCUT2D eigenvalue weighted by molar-refractivity contribution is 5.27. The molecule has 0 radical (unpaired) electrons. The van der Waals surface area contributed by atoms with E-state index in [9.17, 15) is 0 Å². The molecule has 34 heavy (non-hydrogen) atoms. The molecule has 2 heterocycles. The molecule has 0 amide bonds. The molecule has 2 aromatic carbocycles. The Labute approximate surface area is 204 Å². The van der Waals surface area contributed by atoms with Crippen molar-refractivity contribution in [3.05, 3.63) is 107 Å². The highest BCUT2D eigenvalue weighted by Crippen LogP contribution is 2.09. The summed E-state index contributed by atoms with van der Waals surface area (Å²) < 4.78 is 17.0. The van der Waals surface area contributed by atoms with Crippen LogP contribution < -0.4 is 10.6 Å². The number of nitrogens with one attached hydrogen (secondary N) is 2. The maximum absolute atomic E-state index is 5.73. The van der Waals surface area contributed by atoms with E-state index in [2.05, 4.69) is 84.8 Å². The van der Waals surface area contributed by atoms with Crippen molar-refractivity contribution in [1.29, 1.82) is 0 Å². The summed E-state index contributed by atoms with van der Waals surface area (Å²) in [7, 11) is 0. The molecule has 0 aliphatic carbocycles. The van der Waals surface area contributed by atoms with E-state index in [0.717, 1.165) is 37.3 Å². The standard InChI is InChI=1S/C29H38N2O3/c1-3-25-8-7-24(2)22-33-15-13-32-14-16-34-23-27-11-9-26(10-12-27)19-31-21-29-6-4-5-28(17-29)20-30-18-25/h3-12,17,30-31H,1,13-16,18-23H2,2H3. The van der Waals surface area contributed by atoms with Crippen molar-refractivity contribution in [2.45, 2.75) is 33.2 Å². The predicted octanol–water partition coefficient (Wildman–Crippen LogP) is 4.69. The first-order valence-electron chi connectivity index (χ1n) is 12.0. The van der Waals surface area contributed by atoms with Crippen molar-refractivity contribution in [3.63, 3.8) is 0 Å². The lowest BCUT2D eigenvalue weighted by molar-refractivity contribution is 0.0143. The Balaban J connectivity index is 1.59. The van der Waals surface area contributed by atoms with Gasteiger partial charge in [-0.1, -0.05) is 73.3 Å². The van der Waals surface area contributed by atoms with Crippen LogP contribution >= 0.6 is 0 Å². The number of hydrogen-bond donors (Lipinski definition) is 2. The van der Waals surface area contributed by atoms with Crippen LogP contribution in [0.5, 0.6) is 0 Å². The Morgan fingerprint density at radius 1 is 0.676 bits per heavy atom. The molecule has 5 heteroatoms. The number of allylic oxidation sites excluding steroid dienone is 2. The van der Waals surface area contributed by atoms with E-state index >= 15 is 0 Å². The fraction of sp³-hybridized carbons (Fsp3) is 0.379. The molecule has 0 atom stereocenters. The number of ether oxygens (including phenoxy) is 3. The first kappa shape index (κ1) is 26.1. The van der Waals surface area contributed by atoms with Crippen LogP contribution in [0.15, 0.2) is 84.5 Å². The minimum Gasteiger partial charge on any atom is -0.377 e. The Hall–Kier alpha value is -2.54. The van der Waals surface area contributed by atoms with Gasteiger partial charge in [-0.3, -0.25) is 0 Å². The minimum atomic E-state index is 0.567. The van der Waals surface area contributed by atoms with Gasteiger partial charge >= 0.3 is 0 Å². The Kier molecular flexibility index (Phi) is 11.8. The molecule has 2 aliphatic rings. The molecule has 4 rings (SSSR count). The molecule has 5 nitrogen and oxygen atoms in total. The molecule has 0 aromatic heterocycles. The van der Waals surface area contributed by atoms with Gasteiger partial charge in [0.15, 0.2) is 0 Å². The lowest BCUT2D eigenvalue weighted by atomic mass is 10.1. The van der Waals surface area contributed by atoms with Crippen LogP contribution in [0.4, 0.5) is 0 Å². The molecule has 2 aliphatic heterocycles. The van der Waals surface area contributed by atoms with Gasteiger partial charge in [-0.2, -0.15) is 0 Å². The quantitative estimate of drug-likeness (QED) is 0.603. The van der Waals surface area contributed by atoms with Crippen molar-refractivity contribution >= 4 is 0 Å². The van der Waals surface area contributed by atoms with Gasteiger partial charge in [0, 0.05) is 26.2 Å². The van der Waals surface area contributed by atoms with Crippen LogP contribution in [0.3, 0.4) is 0 Å². The molecule has 0 spiro atoms. The van der Waals surface area contributed by atoms with Gasteiger partial charge in [0.25, 0.3) is 0 Å². The number of benzene rings is 2. The minimum absolute atomic E-state index is 0.567. The van der Waals surface area contributed by atoms with Crippen molar-refractivity contribution in [2.75, 3.05) is 39.6 Å². The molecule has 0 unspecified atom stereocenters. The monoisotopic (exact) mass is 462 g/mol. The predicted molar refractivity (Wildman–Crippen MR) is 138 cm³/mol. The first-order valence-corrected chi connectivity index (χ1v) is 12.0. The topological polar surface area (TPSA) is 51.8 Å². The first-order chi connectivity index (χ1) is 16.7. The van der Waals surface area contributed by atoms with E-state index < -0.39 is 0 Å².